The Morgan fingerprint density at radius 3 is 2.02 bits per heavy atom. The van der Waals surface area contributed by atoms with E-state index in [0.29, 0.717) is 17.9 Å². The van der Waals surface area contributed by atoms with Crippen LogP contribution in [0.2, 0.25) is 0 Å². The number of hydrogen-bond acceptors (Lipinski definition) is 4. The number of rotatable bonds is 12. The average molecular weight is 572 g/mol. The maximum Gasteiger partial charge on any atom is 0.304 e. The Balaban J connectivity index is 1.07. The van der Waals surface area contributed by atoms with Crippen LogP contribution in [0.3, 0.4) is 0 Å². The molecule has 0 spiro atoms. The van der Waals surface area contributed by atoms with E-state index in [4.69, 9.17) is 4.52 Å². The highest BCUT2D eigenvalue weighted by atomic mass is 16.5. The summed E-state index contributed by atoms with van der Waals surface area (Å²) in [5.74, 6) is -0.129. The van der Waals surface area contributed by atoms with Crippen LogP contribution >= 0.6 is 0 Å². The lowest BCUT2D eigenvalue weighted by atomic mass is 9.90. The first-order valence-electron chi connectivity index (χ1n) is 15.1. The molecule has 0 amide bonds. The van der Waals surface area contributed by atoms with E-state index in [9.17, 15) is 15.0 Å². The van der Waals surface area contributed by atoms with Crippen LogP contribution < -0.4 is 0 Å². The summed E-state index contributed by atoms with van der Waals surface area (Å²) in [5.41, 5.74) is 9.26. The van der Waals surface area contributed by atoms with Crippen molar-refractivity contribution in [2.24, 2.45) is 0 Å². The third-order valence-electron chi connectivity index (χ3n) is 8.78. The number of aliphatic hydroxyl groups excluding tert-OH is 1. The zero-order chi connectivity index (χ0) is 29.8. The summed E-state index contributed by atoms with van der Waals surface area (Å²) in [5, 5.41) is 24.6. The molecule has 6 rings (SSSR count). The van der Waals surface area contributed by atoms with Crippen molar-refractivity contribution in [1.82, 2.24) is 5.16 Å². The highest BCUT2D eigenvalue weighted by Gasteiger charge is 2.45. The summed E-state index contributed by atoms with van der Waals surface area (Å²) < 4.78 is 5.71. The molecule has 0 aliphatic heterocycles. The molecule has 5 aromatic rings. The SMILES string of the molecule is Cc1noc(-c2ccc(-c3ccc(C4(CC(=O)O)CC4)cc3)cc2)c1C(O)CCCc1ccc(Cc2ccccc2)cc1. The third kappa shape index (κ3) is 6.63. The summed E-state index contributed by atoms with van der Waals surface area (Å²) in [6, 6.07) is 35.6. The first-order valence-corrected chi connectivity index (χ1v) is 15.1. The molecule has 0 bridgehead atoms. The second-order valence-electron chi connectivity index (χ2n) is 11.9. The molecule has 43 heavy (non-hydrogen) atoms. The van der Waals surface area contributed by atoms with Gasteiger partial charge in [-0.2, -0.15) is 0 Å². The fourth-order valence-corrected chi connectivity index (χ4v) is 6.11. The van der Waals surface area contributed by atoms with Crippen LogP contribution in [0.15, 0.2) is 108 Å². The van der Waals surface area contributed by atoms with Crippen LogP contribution in [0.4, 0.5) is 0 Å². The number of benzene rings is 4. The van der Waals surface area contributed by atoms with Crippen molar-refractivity contribution >= 4 is 5.97 Å². The van der Waals surface area contributed by atoms with Gasteiger partial charge in [-0.15, -0.1) is 0 Å². The number of carbonyl (C=O) groups is 1. The Kier molecular flexibility index (Phi) is 8.26. The summed E-state index contributed by atoms with van der Waals surface area (Å²) in [7, 11) is 0. The number of aliphatic carboxylic acids is 1. The lowest BCUT2D eigenvalue weighted by Crippen LogP contribution is -2.12. The molecule has 5 heteroatoms. The average Bonchev–Trinajstić information content (AvgIpc) is 3.69. The van der Waals surface area contributed by atoms with Crippen molar-refractivity contribution < 1.29 is 19.5 Å². The van der Waals surface area contributed by atoms with Gasteiger partial charge in [-0.3, -0.25) is 4.79 Å². The number of carboxylic acids is 1. The fraction of sp³-hybridized carbons (Fsp3) is 0.263. The largest absolute Gasteiger partial charge is 0.481 e. The molecular weight excluding hydrogens is 534 g/mol. The normalized spacial score (nSPS) is 14.4. The maximum absolute atomic E-state index is 11.3. The van der Waals surface area contributed by atoms with Crippen LogP contribution in [0.25, 0.3) is 22.5 Å². The van der Waals surface area contributed by atoms with Gasteiger partial charge in [0, 0.05) is 11.0 Å². The van der Waals surface area contributed by atoms with E-state index in [0.717, 1.165) is 59.9 Å². The van der Waals surface area contributed by atoms with Crippen LogP contribution in [0, 0.1) is 6.92 Å². The maximum atomic E-state index is 11.3. The van der Waals surface area contributed by atoms with Gasteiger partial charge in [-0.25, -0.2) is 0 Å². The van der Waals surface area contributed by atoms with Gasteiger partial charge < -0.3 is 14.7 Å². The van der Waals surface area contributed by atoms with Gasteiger partial charge in [0.25, 0.3) is 0 Å². The lowest BCUT2D eigenvalue weighted by molar-refractivity contribution is -0.137. The van der Waals surface area contributed by atoms with Crippen molar-refractivity contribution in [3.8, 4) is 22.5 Å². The van der Waals surface area contributed by atoms with E-state index in [1.165, 1.54) is 16.7 Å². The number of hydrogen-bond donors (Lipinski definition) is 2. The fourth-order valence-electron chi connectivity index (χ4n) is 6.11. The second kappa shape index (κ2) is 12.4. The topological polar surface area (TPSA) is 83.6 Å². The van der Waals surface area contributed by atoms with Crippen molar-refractivity contribution in [3.05, 3.63) is 137 Å². The Morgan fingerprint density at radius 2 is 1.40 bits per heavy atom. The molecule has 1 fully saturated rings. The molecule has 1 saturated carbocycles. The third-order valence-corrected chi connectivity index (χ3v) is 8.78. The summed E-state index contributed by atoms with van der Waals surface area (Å²) in [6.07, 6.45) is 4.69. The van der Waals surface area contributed by atoms with Gasteiger partial charge in [-0.1, -0.05) is 108 Å². The molecule has 4 aromatic carbocycles. The molecule has 2 N–H and O–H groups in total. The summed E-state index contributed by atoms with van der Waals surface area (Å²) >= 11 is 0. The van der Waals surface area contributed by atoms with Crippen molar-refractivity contribution in [1.29, 1.82) is 0 Å². The Bertz CT molecular complexity index is 1670. The molecule has 1 aliphatic rings. The first kappa shape index (κ1) is 28.6. The Hall–Kier alpha value is -4.48. The Labute approximate surface area is 252 Å². The predicted octanol–water partition coefficient (Wildman–Crippen LogP) is 8.47. The van der Waals surface area contributed by atoms with Gasteiger partial charge in [0.05, 0.1) is 23.8 Å². The minimum Gasteiger partial charge on any atom is -0.481 e. The quantitative estimate of drug-likeness (QED) is 0.157. The number of nitrogens with zero attached hydrogens (tertiary/aromatic N) is 1. The van der Waals surface area contributed by atoms with E-state index in [1.54, 1.807) is 0 Å². The predicted molar refractivity (Wildman–Crippen MR) is 169 cm³/mol. The summed E-state index contributed by atoms with van der Waals surface area (Å²) in [6.45, 7) is 1.88. The number of aryl methyl sites for hydroxylation is 2. The molecule has 1 unspecified atom stereocenters. The van der Waals surface area contributed by atoms with E-state index in [1.807, 2.05) is 37.3 Å². The monoisotopic (exact) mass is 571 g/mol. The van der Waals surface area contributed by atoms with E-state index in [-0.39, 0.29) is 11.8 Å². The summed E-state index contributed by atoms with van der Waals surface area (Å²) in [4.78, 5) is 11.3. The zero-order valence-electron chi connectivity index (χ0n) is 24.5. The van der Waals surface area contributed by atoms with Crippen LogP contribution in [0.5, 0.6) is 0 Å². The van der Waals surface area contributed by atoms with Gasteiger partial charge in [0.2, 0.25) is 0 Å². The molecule has 1 atom stereocenters. The second-order valence-corrected chi connectivity index (χ2v) is 11.9. The van der Waals surface area contributed by atoms with E-state index < -0.39 is 12.1 Å². The van der Waals surface area contributed by atoms with Crippen molar-refractivity contribution in [2.75, 3.05) is 0 Å². The smallest absolute Gasteiger partial charge is 0.304 e. The van der Waals surface area contributed by atoms with Gasteiger partial charge >= 0.3 is 5.97 Å². The van der Waals surface area contributed by atoms with Crippen molar-refractivity contribution in [2.45, 2.75) is 63.4 Å². The van der Waals surface area contributed by atoms with Gasteiger partial charge in [-0.05, 0) is 78.8 Å². The van der Waals surface area contributed by atoms with E-state index >= 15 is 0 Å². The highest BCUT2D eigenvalue weighted by molar-refractivity contribution is 5.72. The van der Waals surface area contributed by atoms with Crippen molar-refractivity contribution in [3.63, 3.8) is 0 Å². The van der Waals surface area contributed by atoms with Gasteiger partial charge in [0.15, 0.2) is 5.76 Å². The van der Waals surface area contributed by atoms with Crippen LogP contribution in [-0.4, -0.2) is 21.3 Å². The van der Waals surface area contributed by atoms with Gasteiger partial charge in [0.1, 0.15) is 0 Å². The number of aliphatic hydroxyl groups is 1. The lowest BCUT2D eigenvalue weighted by Gasteiger charge is -2.14. The number of carboxylic acid groups (broad SMARTS) is 1. The minimum atomic E-state index is -0.742. The number of aromatic nitrogens is 1. The first-order chi connectivity index (χ1) is 20.9. The molecule has 0 radical (unpaired) electrons. The molecule has 0 saturated heterocycles. The molecule has 1 aliphatic carbocycles. The minimum absolute atomic E-state index is 0.189. The molecule has 1 heterocycles. The molecular formula is C38H37NO4. The van der Waals surface area contributed by atoms with E-state index in [2.05, 4.69) is 78.0 Å². The zero-order valence-corrected chi connectivity index (χ0v) is 24.5. The van der Waals surface area contributed by atoms with Crippen LogP contribution in [0.1, 0.15) is 71.7 Å². The standard InChI is InChI=1S/C38H37NO4/c1-26-36(34(40)9-5-8-27-10-12-29(13-11-27)24-28-6-3-2-4-7-28)37(43-39-26)32-16-14-30(15-17-32)31-18-20-33(21-19-31)38(22-23-38)25-35(41)42/h2-4,6-7,10-21,34,40H,5,8-9,22-25H2,1H3,(H,41,42). The molecule has 5 nitrogen and oxygen atoms in total. The molecule has 1 aromatic heterocycles. The van der Waals surface area contributed by atoms with Crippen LogP contribution in [-0.2, 0) is 23.1 Å². The Morgan fingerprint density at radius 1 is 0.814 bits per heavy atom. The highest BCUT2D eigenvalue weighted by Crippen LogP contribution is 2.51. The molecule has 218 valence electrons.